The molecule has 25 heavy (non-hydrogen) atoms. The second-order valence-corrected chi connectivity index (χ2v) is 6.77. The maximum absolute atomic E-state index is 11.7. The first-order valence-corrected chi connectivity index (χ1v) is 8.14. The lowest BCUT2D eigenvalue weighted by atomic mass is 9.80. The minimum Gasteiger partial charge on any atom is -0.486 e. The monoisotopic (exact) mass is 379 g/mol. The number of aromatic carboxylic acids is 1. The Hall–Kier alpha value is -2.44. The Balaban J connectivity index is 1.95. The summed E-state index contributed by atoms with van der Waals surface area (Å²) in [6.07, 6.45) is -0.747. The maximum atomic E-state index is 11.7. The Morgan fingerprint density at radius 1 is 1.12 bits per heavy atom. The Bertz CT molecular complexity index is 929. The summed E-state index contributed by atoms with van der Waals surface area (Å²) in [7, 11) is 0. The van der Waals surface area contributed by atoms with Gasteiger partial charge < -0.3 is 20.3 Å². The normalized spacial score (nSPS) is 22.9. The highest BCUT2D eigenvalue weighted by Gasteiger charge is 2.49. The molecule has 0 saturated heterocycles. The van der Waals surface area contributed by atoms with E-state index in [9.17, 15) is 19.8 Å². The maximum Gasteiger partial charge on any atom is 0.335 e. The van der Waals surface area contributed by atoms with Gasteiger partial charge in [0.2, 0.25) is 0 Å². The quantitative estimate of drug-likeness (QED) is 0.739. The third-order valence-corrected chi connectivity index (χ3v) is 5.03. The van der Waals surface area contributed by atoms with Crippen LogP contribution < -0.4 is 10.1 Å². The van der Waals surface area contributed by atoms with Crippen LogP contribution in [-0.4, -0.2) is 34.3 Å². The average Bonchev–Trinajstić information content (AvgIpc) is 2.91. The first-order valence-electron chi connectivity index (χ1n) is 7.39. The molecule has 6 nitrogen and oxygen atoms in total. The Morgan fingerprint density at radius 3 is 2.56 bits per heavy atom. The summed E-state index contributed by atoms with van der Waals surface area (Å²) in [4.78, 5) is 23.0. The van der Waals surface area contributed by atoms with Gasteiger partial charge in [-0.3, -0.25) is 0 Å². The number of hydrogen-bond donors (Lipinski definition) is 3. The van der Waals surface area contributed by atoms with Crippen LogP contribution in [0.15, 0.2) is 30.3 Å². The molecule has 0 fully saturated rings. The predicted molar refractivity (Wildman–Crippen MR) is 91.2 cm³/mol. The molecule has 0 saturated carbocycles. The summed E-state index contributed by atoms with van der Waals surface area (Å²) >= 11 is 12.4. The molecule has 2 aliphatic heterocycles. The number of aliphatic carboxylic acids is 1. The van der Waals surface area contributed by atoms with Gasteiger partial charge in [0.05, 0.1) is 11.5 Å². The van der Waals surface area contributed by atoms with E-state index in [1.165, 1.54) is 12.1 Å². The van der Waals surface area contributed by atoms with E-state index in [0.29, 0.717) is 32.6 Å². The number of carboxylic acid groups (broad SMARTS) is 2. The SMILES string of the molecule is O=C(O)c1ccc2c(c1)C1c3c(Cl)cc(Cl)cc3NC(C(=O)O)C1O2. The van der Waals surface area contributed by atoms with Crippen LogP contribution in [0.25, 0.3) is 0 Å². The zero-order chi connectivity index (χ0) is 17.9. The topological polar surface area (TPSA) is 95.9 Å². The Morgan fingerprint density at radius 2 is 1.88 bits per heavy atom. The first kappa shape index (κ1) is 16.1. The van der Waals surface area contributed by atoms with E-state index in [1.54, 1.807) is 18.2 Å². The number of fused-ring (bicyclic) bond motifs is 5. The minimum absolute atomic E-state index is 0.0973. The molecular weight excluding hydrogens is 369 g/mol. The van der Waals surface area contributed by atoms with Crippen LogP contribution in [0.5, 0.6) is 5.75 Å². The Labute approximate surface area is 151 Å². The van der Waals surface area contributed by atoms with E-state index in [2.05, 4.69) is 5.32 Å². The van der Waals surface area contributed by atoms with E-state index >= 15 is 0 Å². The number of carbonyl (C=O) groups is 2. The summed E-state index contributed by atoms with van der Waals surface area (Å²) in [5.41, 5.74) is 1.85. The number of rotatable bonds is 2. The molecule has 4 rings (SSSR count). The van der Waals surface area contributed by atoms with Crippen LogP contribution in [-0.2, 0) is 4.79 Å². The van der Waals surface area contributed by atoms with Crippen molar-refractivity contribution in [3.8, 4) is 5.75 Å². The fourth-order valence-electron chi connectivity index (χ4n) is 3.48. The molecule has 2 heterocycles. The highest BCUT2D eigenvalue weighted by molar-refractivity contribution is 6.35. The fraction of sp³-hybridized carbons (Fsp3) is 0.176. The van der Waals surface area contributed by atoms with E-state index < -0.39 is 30.0 Å². The van der Waals surface area contributed by atoms with Crippen LogP contribution in [0.2, 0.25) is 10.0 Å². The molecule has 3 N–H and O–H groups in total. The number of benzene rings is 2. The van der Waals surface area contributed by atoms with E-state index in [4.69, 9.17) is 27.9 Å². The van der Waals surface area contributed by atoms with Gasteiger partial charge >= 0.3 is 11.9 Å². The number of hydrogen-bond acceptors (Lipinski definition) is 4. The lowest BCUT2D eigenvalue weighted by Gasteiger charge is -2.34. The zero-order valence-electron chi connectivity index (χ0n) is 12.5. The zero-order valence-corrected chi connectivity index (χ0v) is 14.0. The molecule has 2 aromatic rings. The van der Waals surface area contributed by atoms with Crippen molar-refractivity contribution in [2.24, 2.45) is 0 Å². The molecule has 3 unspecified atom stereocenters. The Kier molecular flexibility index (Phi) is 3.56. The van der Waals surface area contributed by atoms with Crippen LogP contribution in [0.1, 0.15) is 27.4 Å². The van der Waals surface area contributed by atoms with Crippen LogP contribution in [0.3, 0.4) is 0 Å². The molecule has 3 atom stereocenters. The van der Waals surface area contributed by atoms with Crippen molar-refractivity contribution in [3.05, 3.63) is 57.1 Å². The summed E-state index contributed by atoms with van der Waals surface area (Å²) in [5, 5.41) is 22.5. The van der Waals surface area contributed by atoms with Crippen molar-refractivity contribution >= 4 is 40.8 Å². The van der Waals surface area contributed by atoms with Gasteiger partial charge in [-0.2, -0.15) is 0 Å². The molecule has 0 radical (unpaired) electrons. The van der Waals surface area contributed by atoms with Crippen molar-refractivity contribution in [3.63, 3.8) is 0 Å². The van der Waals surface area contributed by atoms with Crippen LogP contribution in [0.4, 0.5) is 5.69 Å². The van der Waals surface area contributed by atoms with Gasteiger partial charge in [0.25, 0.3) is 0 Å². The number of ether oxygens (including phenoxy) is 1. The fourth-order valence-corrected chi connectivity index (χ4v) is 4.09. The molecule has 2 aromatic carbocycles. The van der Waals surface area contributed by atoms with Crippen LogP contribution in [0, 0.1) is 0 Å². The van der Waals surface area contributed by atoms with Gasteiger partial charge in [0.15, 0.2) is 6.04 Å². The summed E-state index contributed by atoms with van der Waals surface area (Å²) in [6, 6.07) is 6.62. The van der Waals surface area contributed by atoms with E-state index in [1.807, 2.05) is 0 Å². The van der Waals surface area contributed by atoms with Crippen LogP contribution >= 0.6 is 23.2 Å². The van der Waals surface area contributed by atoms with Gasteiger partial charge in [-0.1, -0.05) is 23.2 Å². The van der Waals surface area contributed by atoms with Gasteiger partial charge in [0, 0.05) is 26.9 Å². The average molecular weight is 380 g/mol. The molecule has 2 aliphatic rings. The smallest absolute Gasteiger partial charge is 0.335 e. The van der Waals surface area contributed by atoms with Gasteiger partial charge in [0.1, 0.15) is 11.9 Å². The summed E-state index contributed by atoms with van der Waals surface area (Å²) in [6.45, 7) is 0. The molecule has 0 aliphatic carbocycles. The standard InChI is InChI=1S/C17H11Cl2NO5/c18-7-4-9(19)13-10(5-7)20-14(17(23)24)15-12(13)8-3-6(16(21)22)1-2-11(8)25-15/h1-5,12,14-15,20H,(H,21,22)(H,23,24). The first-order chi connectivity index (χ1) is 11.9. The lowest BCUT2D eigenvalue weighted by molar-refractivity contribution is -0.140. The largest absolute Gasteiger partial charge is 0.486 e. The molecular formula is C17H11Cl2NO5. The second-order valence-electron chi connectivity index (χ2n) is 5.93. The summed E-state index contributed by atoms with van der Waals surface area (Å²) < 4.78 is 5.83. The molecule has 8 heteroatoms. The molecule has 0 amide bonds. The van der Waals surface area contributed by atoms with Crippen molar-refractivity contribution in [2.45, 2.75) is 18.1 Å². The third-order valence-electron chi connectivity index (χ3n) is 4.49. The molecule has 0 bridgehead atoms. The molecule has 128 valence electrons. The van der Waals surface area contributed by atoms with Crippen molar-refractivity contribution < 1.29 is 24.5 Å². The molecule has 0 spiro atoms. The van der Waals surface area contributed by atoms with Crippen molar-refractivity contribution in [2.75, 3.05) is 5.32 Å². The van der Waals surface area contributed by atoms with Gasteiger partial charge in [-0.05, 0) is 30.3 Å². The predicted octanol–water partition coefficient (Wildman–Crippen LogP) is 3.46. The van der Waals surface area contributed by atoms with E-state index in [0.717, 1.165) is 0 Å². The highest BCUT2D eigenvalue weighted by atomic mass is 35.5. The number of carboxylic acids is 2. The minimum atomic E-state index is -1.08. The summed E-state index contributed by atoms with van der Waals surface area (Å²) in [5.74, 6) is -2.20. The number of halogens is 2. The van der Waals surface area contributed by atoms with Crippen molar-refractivity contribution in [1.29, 1.82) is 0 Å². The van der Waals surface area contributed by atoms with Crippen molar-refractivity contribution in [1.82, 2.24) is 0 Å². The molecule has 0 aromatic heterocycles. The van der Waals surface area contributed by atoms with E-state index in [-0.39, 0.29) is 5.56 Å². The second kappa shape index (κ2) is 5.54. The lowest BCUT2D eigenvalue weighted by Crippen LogP contribution is -2.48. The highest BCUT2D eigenvalue weighted by Crippen LogP contribution is 2.51. The third kappa shape index (κ3) is 2.41. The number of nitrogens with one attached hydrogen (secondary N) is 1. The van der Waals surface area contributed by atoms with Gasteiger partial charge in [-0.15, -0.1) is 0 Å². The van der Waals surface area contributed by atoms with Gasteiger partial charge in [-0.25, -0.2) is 9.59 Å². The number of anilines is 1.